The van der Waals surface area contributed by atoms with Crippen LogP contribution >= 0.6 is 0 Å². The van der Waals surface area contributed by atoms with E-state index in [-0.39, 0.29) is 17.5 Å². The SMILES string of the molecule is CC(C)[C@H]1CC[C@@H](C)CC1=NNC(=O)N[C@@H]1CCS(=O)(=O)C1. The molecular weight excluding hydrogens is 302 g/mol. The van der Waals surface area contributed by atoms with Crippen molar-refractivity contribution in [3.05, 3.63) is 0 Å². The smallest absolute Gasteiger partial charge is 0.333 e. The van der Waals surface area contributed by atoms with Gasteiger partial charge in [-0.05, 0) is 37.5 Å². The van der Waals surface area contributed by atoms with E-state index in [1.54, 1.807) is 0 Å². The molecule has 0 unspecified atom stereocenters. The van der Waals surface area contributed by atoms with Gasteiger partial charge < -0.3 is 5.32 Å². The molecule has 0 radical (unpaired) electrons. The maximum atomic E-state index is 11.9. The predicted molar refractivity (Wildman–Crippen MR) is 87.5 cm³/mol. The highest BCUT2D eigenvalue weighted by Gasteiger charge is 2.29. The third-order valence-corrected chi connectivity index (χ3v) is 6.40. The van der Waals surface area contributed by atoms with Gasteiger partial charge in [-0.15, -0.1) is 0 Å². The second-order valence-electron chi connectivity index (χ2n) is 7.03. The first kappa shape index (κ1) is 17.2. The maximum Gasteiger partial charge on any atom is 0.335 e. The first-order chi connectivity index (χ1) is 10.3. The van der Waals surface area contributed by atoms with Crippen molar-refractivity contribution >= 4 is 21.6 Å². The molecule has 0 aromatic carbocycles. The van der Waals surface area contributed by atoms with Gasteiger partial charge in [0.15, 0.2) is 9.84 Å². The molecule has 126 valence electrons. The number of nitrogens with zero attached hydrogens (tertiary/aromatic N) is 1. The fraction of sp³-hybridized carbons (Fsp3) is 0.867. The molecule has 0 bridgehead atoms. The van der Waals surface area contributed by atoms with Gasteiger partial charge in [0, 0.05) is 17.7 Å². The molecule has 7 heteroatoms. The molecular formula is C15H27N3O3S. The van der Waals surface area contributed by atoms with Gasteiger partial charge in [-0.1, -0.05) is 20.8 Å². The van der Waals surface area contributed by atoms with Crippen LogP contribution in [0.25, 0.3) is 0 Å². The Kier molecular flexibility index (Phi) is 5.47. The Hall–Kier alpha value is -1.11. The van der Waals surface area contributed by atoms with Crippen molar-refractivity contribution in [1.29, 1.82) is 0 Å². The van der Waals surface area contributed by atoms with Crippen LogP contribution in [0.3, 0.4) is 0 Å². The van der Waals surface area contributed by atoms with E-state index >= 15 is 0 Å². The van der Waals surface area contributed by atoms with E-state index in [2.05, 4.69) is 36.6 Å². The maximum absolute atomic E-state index is 11.9. The molecule has 1 heterocycles. The lowest BCUT2D eigenvalue weighted by Gasteiger charge is -2.30. The number of hydrogen-bond donors (Lipinski definition) is 2. The Morgan fingerprint density at radius 1 is 1.27 bits per heavy atom. The van der Waals surface area contributed by atoms with Crippen LogP contribution in [0.2, 0.25) is 0 Å². The van der Waals surface area contributed by atoms with Gasteiger partial charge in [0.2, 0.25) is 0 Å². The number of nitrogens with one attached hydrogen (secondary N) is 2. The lowest BCUT2D eigenvalue weighted by Crippen LogP contribution is -2.41. The van der Waals surface area contributed by atoms with Crippen molar-refractivity contribution in [2.75, 3.05) is 11.5 Å². The molecule has 2 fully saturated rings. The van der Waals surface area contributed by atoms with Crippen molar-refractivity contribution in [1.82, 2.24) is 10.7 Å². The van der Waals surface area contributed by atoms with Crippen molar-refractivity contribution in [2.45, 2.75) is 52.5 Å². The van der Waals surface area contributed by atoms with E-state index in [0.29, 0.717) is 24.2 Å². The summed E-state index contributed by atoms with van der Waals surface area (Å²) in [5, 5.41) is 7.01. The van der Waals surface area contributed by atoms with Crippen LogP contribution in [0.15, 0.2) is 5.10 Å². The van der Waals surface area contributed by atoms with E-state index in [1.165, 1.54) is 6.42 Å². The molecule has 1 aliphatic carbocycles. The van der Waals surface area contributed by atoms with Crippen molar-refractivity contribution in [3.8, 4) is 0 Å². The molecule has 1 saturated heterocycles. The van der Waals surface area contributed by atoms with Crippen LogP contribution < -0.4 is 10.7 Å². The summed E-state index contributed by atoms with van der Waals surface area (Å²) in [5.74, 6) is 1.71. The molecule has 1 saturated carbocycles. The molecule has 0 aromatic rings. The molecule has 2 rings (SSSR count). The zero-order valence-corrected chi connectivity index (χ0v) is 14.4. The van der Waals surface area contributed by atoms with Gasteiger partial charge >= 0.3 is 6.03 Å². The number of carbonyl (C=O) groups is 1. The molecule has 6 nitrogen and oxygen atoms in total. The lowest BCUT2D eigenvalue weighted by atomic mass is 9.76. The number of rotatable bonds is 3. The minimum absolute atomic E-state index is 0.0304. The van der Waals surface area contributed by atoms with Gasteiger partial charge in [0.05, 0.1) is 11.5 Å². The van der Waals surface area contributed by atoms with E-state index in [0.717, 1.165) is 18.6 Å². The topological polar surface area (TPSA) is 87.6 Å². The normalized spacial score (nSPS) is 33.1. The zero-order valence-electron chi connectivity index (χ0n) is 13.6. The molecule has 1 aliphatic heterocycles. The molecule has 0 spiro atoms. The summed E-state index contributed by atoms with van der Waals surface area (Å²) >= 11 is 0. The molecule has 3 atom stereocenters. The third-order valence-electron chi connectivity index (χ3n) is 4.63. The highest BCUT2D eigenvalue weighted by atomic mass is 32.2. The van der Waals surface area contributed by atoms with Gasteiger partial charge in [0.1, 0.15) is 0 Å². The van der Waals surface area contributed by atoms with Crippen molar-refractivity contribution in [3.63, 3.8) is 0 Å². The van der Waals surface area contributed by atoms with Crippen LogP contribution in [-0.2, 0) is 9.84 Å². The highest BCUT2D eigenvalue weighted by Crippen LogP contribution is 2.31. The average Bonchev–Trinajstić information content (AvgIpc) is 2.75. The Morgan fingerprint density at radius 2 is 2.00 bits per heavy atom. The summed E-state index contributed by atoms with van der Waals surface area (Å²) in [6, 6.07) is -0.702. The molecule has 2 N–H and O–H groups in total. The highest BCUT2D eigenvalue weighted by molar-refractivity contribution is 7.91. The Labute approximate surface area is 133 Å². The largest absolute Gasteiger partial charge is 0.335 e. The van der Waals surface area contributed by atoms with Crippen molar-refractivity contribution in [2.24, 2.45) is 22.9 Å². The van der Waals surface area contributed by atoms with Gasteiger partial charge in [-0.2, -0.15) is 5.10 Å². The lowest BCUT2D eigenvalue weighted by molar-refractivity contribution is 0.238. The average molecular weight is 329 g/mol. The summed E-state index contributed by atoms with van der Waals surface area (Å²) in [5.41, 5.74) is 3.61. The molecule has 2 aliphatic rings. The quantitative estimate of drug-likeness (QED) is 0.775. The number of sulfone groups is 1. The van der Waals surface area contributed by atoms with E-state index in [4.69, 9.17) is 0 Å². The summed E-state index contributed by atoms with van der Waals surface area (Å²) in [4.78, 5) is 11.9. The molecule has 2 amide bonds. The monoisotopic (exact) mass is 329 g/mol. The minimum atomic E-state index is -2.98. The van der Waals surface area contributed by atoms with E-state index < -0.39 is 15.9 Å². The second-order valence-corrected chi connectivity index (χ2v) is 9.25. The Bertz CT molecular complexity index is 542. The minimum Gasteiger partial charge on any atom is -0.333 e. The van der Waals surface area contributed by atoms with Crippen LogP contribution in [0.5, 0.6) is 0 Å². The Morgan fingerprint density at radius 3 is 2.59 bits per heavy atom. The molecule has 0 aromatic heterocycles. The summed E-state index contributed by atoms with van der Waals surface area (Å²) < 4.78 is 22.8. The number of hydrazone groups is 1. The van der Waals surface area contributed by atoms with Crippen LogP contribution in [0, 0.1) is 17.8 Å². The number of amides is 2. The van der Waals surface area contributed by atoms with Crippen LogP contribution in [-0.4, -0.2) is 37.7 Å². The number of hydrogen-bond acceptors (Lipinski definition) is 4. The van der Waals surface area contributed by atoms with E-state index in [1.807, 2.05) is 0 Å². The molecule has 22 heavy (non-hydrogen) atoms. The standard InChI is InChI=1S/C15H27N3O3S/c1-10(2)13-5-4-11(3)8-14(13)17-18-15(19)16-12-6-7-22(20,21)9-12/h10-13H,4-9H2,1-3H3,(H2,16,18,19)/t11-,12-,13-/m1/s1. The summed E-state index contributed by atoms with van der Waals surface area (Å²) in [6.07, 6.45) is 3.72. The first-order valence-electron chi connectivity index (χ1n) is 8.10. The zero-order chi connectivity index (χ0) is 16.3. The summed E-state index contributed by atoms with van der Waals surface area (Å²) in [7, 11) is -2.98. The van der Waals surface area contributed by atoms with Crippen LogP contribution in [0.1, 0.15) is 46.5 Å². The van der Waals surface area contributed by atoms with Crippen LogP contribution in [0.4, 0.5) is 4.79 Å². The van der Waals surface area contributed by atoms with Gasteiger partial charge in [-0.3, -0.25) is 0 Å². The number of carbonyl (C=O) groups excluding carboxylic acids is 1. The second kappa shape index (κ2) is 6.98. The Balaban J connectivity index is 1.90. The van der Waals surface area contributed by atoms with Gasteiger partial charge in [-0.25, -0.2) is 18.6 Å². The summed E-state index contributed by atoms with van der Waals surface area (Å²) in [6.45, 7) is 6.56. The predicted octanol–water partition coefficient (Wildman–Crippen LogP) is 1.92. The third kappa shape index (κ3) is 4.69. The fourth-order valence-electron chi connectivity index (χ4n) is 3.34. The first-order valence-corrected chi connectivity index (χ1v) is 9.92. The van der Waals surface area contributed by atoms with Crippen molar-refractivity contribution < 1.29 is 13.2 Å². The van der Waals surface area contributed by atoms with E-state index in [9.17, 15) is 13.2 Å². The fourth-order valence-corrected chi connectivity index (χ4v) is 5.01. The number of urea groups is 1. The van der Waals surface area contributed by atoms with Gasteiger partial charge in [0.25, 0.3) is 0 Å².